The SMILES string of the molecule is Cn1nc(COc2ccccc2)c2c1CCN(C(=O)Nc1ccccc1F)C2. The number of rotatable bonds is 4. The molecule has 0 atom stereocenters. The van der Waals surface area contributed by atoms with Crippen molar-refractivity contribution < 1.29 is 13.9 Å². The van der Waals surface area contributed by atoms with Gasteiger partial charge in [-0.15, -0.1) is 0 Å². The van der Waals surface area contributed by atoms with Crippen LogP contribution in [-0.4, -0.2) is 27.3 Å². The summed E-state index contributed by atoms with van der Waals surface area (Å²) in [5.41, 5.74) is 3.08. The van der Waals surface area contributed by atoms with E-state index < -0.39 is 5.82 Å². The summed E-state index contributed by atoms with van der Waals surface area (Å²) in [6.45, 7) is 1.29. The molecule has 1 aromatic heterocycles. The number of benzene rings is 2. The van der Waals surface area contributed by atoms with Gasteiger partial charge in [-0.1, -0.05) is 30.3 Å². The van der Waals surface area contributed by atoms with Crippen molar-refractivity contribution in [3.05, 3.63) is 77.4 Å². The second-order valence-electron chi connectivity index (χ2n) is 6.68. The molecule has 144 valence electrons. The monoisotopic (exact) mass is 380 g/mol. The van der Waals surface area contributed by atoms with Crippen molar-refractivity contribution in [2.45, 2.75) is 19.6 Å². The maximum atomic E-state index is 13.8. The van der Waals surface area contributed by atoms with Gasteiger partial charge in [0.2, 0.25) is 0 Å². The van der Waals surface area contributed by atoms with Crippen LogP contribution in [0.5, 0.6) is 5.75 Å². The van der Waals surface area contributed by atoms with Crippen molar-refractivity contribution in [3.8, 4) is 5.75 Å². The first kappa shape index (κ1) is 18.0. The molecule has 2 aromatic carbocycles. The summed E-state index contributed by atoms with van der Waals surface area (Å²) in [7, 11) is 1.90. The number of aryl methyl sites for hydroxylation is 1. The number of para-hydroxylation sites is 2. The van der Waals surface area contributed by atoms with Crippen molar-refractivity contribution in [3.63, 3.8) is 0 Å². The van der Waals surface area contributed by atoms with Crippen LogP contribution < -0.4 is 10.1 Å². The Hall–Kier alpha value is -3.35. The maximum absolute atomic E-state index is 13.8. The molecule has 0 spiro atoms. The van der Waals surface area contributed by atoms with E-state index >= 15 is 0 Å². The molecule has 1 aliphatic rings. The van der Waals surface area contributed by atoms with Gasteiger partial charge in [0.15, 0.2) is 0 Å². The lowest BCUT2D eigenvalue weighted by Gasteiger charge is -2.28. The van der Waals surface area contributed by atoms with E-state index in [0.29, 0.717) is 26.1 Å². The Kier molecular flexibility index (Phi) is 4.97. The molecule has 4 rings (SSSR count). The standard InChI is InChI=1S/C21H21FN4O2/c1-25-20-11-12-26(21(27)23-18-10-6-5-9-17(18)22)13-16(20)19(24-25)14-28-15-7-3-2-4-8-15/h2-10H,11-14H2,1H3,(H,23,27). The zero-order valence-electron chi connectivity index (χ0n) is 15.6. The molecule has 2 amide bonds. The van der Waals surface area contributed by atoms with Crippen molar-refractivity contribution >= 4 is 11.7 Å². The van der Waals surface area contributed by atoms with Gasteiger partial charge in [-0.3, -0.25) is 4.68 Å². The van der Waals surface area contributed by atoms with Gasteiger partial charge in [0, 0.05) is 31.3 Å². The molecular weight excluding hydrogens is 359 g/mol. The van der Waals surface area contributed by atoms with Crippen LogP contribution in [0.15, 0.2) is 54.6 Å². The minimum absolute atomic E-state index is 0.178. The highest BCUT2D eigenvalue weighted by Crippen LogP contribution is 2.24. The third-order valence-electron chi connectivity index (χ3n) is 4.85. The molecule has 0 fully saturated rings. The van der Waals surface area contributed by atoms with Gasteiger partial charge in [0.25, 0.3) is 0 Å². The second-order valence-corrected chi connectivity index (χ2v) is 6.68. The fraction of sp³-hybridized carbons (Fsp3) is 0.238. The third kappa shape index (κ3) is 3.69. The predicted octanol–water partition coefficient (Wildman–Crippen LogP) is 3.73. The molecule has 0 saturated heterocycles. The number of anilines is 1. The molecule has 1 N–H and O–H groups in total. The van der Waals surface area contributed by atoms with Gasteiger partial charge in [-0.2, -0.15) is 5.10 Å². The van der Waals surface area contributed by atoms with Gasteiger partial charge in [0.05, 0.1) is 12.2 Å². The third-order valence-corrected chi connectivity index (χ3v) is 4.85. The van der Waals surface area contributed by atoms with Crippen LogP contribution in [0.1, 0.15) is 17.0 Å². The highest BCUT2D eigenvalue weighted by molar-refractivity contribution is 5.89. The smallest absolute Gasteiger partial charge is 0.322 e. The molecule has 3 aromatic rings. The van der Waals surface area contributed by atoms with E-state index in [4.69, 9.17) is 4.74 Å². The van der Waals surface area contributed by atoms with E-state index in [1.807, 2.05) is 42.1 Å². The number of hydrogen-bond donors (Lipinski definition) is 1. The topological polar surface area (TPSA) is 59.4 Å². The highest BCUT2D eigenvalue weighted by atomic mass is 19.1. The molecule has 7 heteroatoms. The Labute approximate surface area is 162 Å². The first-order chi connectivity index (χ1) is 13.6. The van der Waals surface area contributed by atoms with Gasteiger partial charge in [0.1, 0.15) is 23.9 Å². The van der Waals surface area contributed by atoms with E-state index in [1.54, 1.807) is 23.1 Å². The lowest BCUT2D eigenvalue weighted by Crippen LogP contribution is -2.39. The van der Waals surface area contributed by atoms with Crippen LogP contribution >= 0.6 is 0 Å². The second kappa shape index (κ2) is 7.72. The highest BCUT2D eigenvalue weighted by Gasteiger charge is 2.27. The molecule has 0 aliphatic carbocycles. The number of urea groups is 1. The van der Waals surface area contributed by atoms with Crippen LogP contribution in [0.25, 0.3) is 0 Å². The Morgan fingerprint density at radius 1 is 1.18 bits per heavy atom. The Balaban J connectivity index is 1.48. The van der Waals surface area contributed by atoms with Crippen LogP contribution in [0.3, 0.4) is 0 Å². The average Bonchev–Trinajstić information content (AvgIpc) is 3.04. The predicted molar refractivity (Wildman–Crippen MR) is 104 cm³/mol. The number of carbonyl (C=O) groups excluding carboxylic acids is 1. The number of carbonyl (C=O) groups is 1. The molecule has 0 unspecified atom stereocenters. The zero-order chi connectivity index (χ0) is 19.5. The maximum Gasteiger partial charge on any atom is 0.322 e. The Morgan fingerprint density at radius 2 is 1.93 bits per heavy atom. The summed E-state index contributed by atoms with van der Waals surface area (Å²) >= 11 is 0. The van der Waals surface area contributed by atoms with Gasteiger partial charge in [-0.25, -0.2) is 9.18 Å². The van der Waals surface area contributed by atoms with Crippen LogP contribution in [0.4, 0.5) is 14.9 Å². The van der Waals surface area contributed by atoms with E-state index in [2.05, 4.69) is 10.4 Å². The molecule has 0 bridgehead atoms. The number of amides is 2. The number of ether oxygens (including phenoxy) is 1. The number of fused-ring (bicyclic) bond motifs is 1. The van der Waals surface area contributed by atoms with Crippen molar-refractivity contribution in [1.82, 2.24) is 14.7 Å². The van der Waals surface area contributed by atoms with Gasteiger partial charge >= 0.3 is 6.03 Å². The Bertz CT molecular complexity index is 987. The molecule has 28 heavy (non-hydrogen) atoms. The molecule has 0 radical (unpaired) electrons. The average molecular weight is 380 g/mol. The summed E-state index contributed by atoms with van der Waals surface area (Å²) in [6, 6.07) is 15.4. The van der Waals surface area contributed by atoms with E-state index in [0.717, 1.165) is 22.7 Å². The van der Waals surface area contributed by atoms with E-state index in [9.17, 15) is 9.18 Å². The van der Waals surface area contributed by atoms with E-state index in [-0.39, 0.29) is 11.7 Å². The fourth-order valence-electron chi connectivity index (χ4n) is 3.38. The number of nitrogens with one attached hydrogen (secondary N) is 1. The fourth-order valence-corrected chi connectivity index (χ4v) is 3.38. The summed E-state index contributed by atoms with van der Waals surface area (Å²) in [5.74, 6) is 0.318. The molecule has 2 heterocycles. The number of hydrogen-bond acceptors (Lipinski definition) is 3. The first-order valence-electron chi connectivity index (χ1n) is 9.14. The lowest BCUT2D eigenvalue weighted by atomic mass is 10.1. The molecular formula is C21H21FN4O2. The normalized spacial score (nSPS) is 13.1. The largest absolute Gasteiger partial charge is 0.487 e. The minimum atomic E-state index is -0.452. The quantitative estimate of drug-likeness (QED) is 0.750. The van der Waals surface area contributed by atoms with Crippen molar-refractivity contribution in [2.75, 3.05) is 11.9 Å². The Morgan fingerprint density at radius 3 is 2.71 bits per heavy atom. The minimum Gasteiger partial charge on any atom is -0.487 e. The van der Waals surface area contributed by atoms with Crippen LogP contribution in [0.2, 0.25) is 0 Å². The first-order valence-corrected chi connectivity index (χ1v) is 9.14. The molecule has 0 saturated carbocycles. The summed E-state index contributed by atoms with van der Waals surface area (Å²) in [6.07, 6.45) is 0.689. The van der Waals surface area contributed by atoms with Crippen molar-refractivity contribution in [2.24, 2.45) is 7.05 Å². The molecule has 6 nitrogen and oxygen atoms in total. The zero-order valence-corrected chi connectivity index (χ0v) is 15.6. The summed E-state index contributed by atoms with van der Waals surface area (Å²) < 4.78 is 21.5. The van der Waals surface area contributed by atoms with Crippen LogP contribution in [-0.2, 0) is 26.6 Å². The van der Waals surface area contributed by atoms with Crippen molar-refractivity contribution in [1.29, 1.82) is 0 Å². The summed E-state index contributed by atoms with van der Waals surface area (Å²) in [5, 5.41) is 7.22. The van der Waals surface area contributed by atoms with Gasteiger partial charge < -0.3 is 15.0 Å². The number of halogens is 1. The molecule has 1 aliphatic heterocycles. The number of nitrogens with zero attached hydrogens (tertiary/aromatic N) is 3. The van der Waals surface area contributed by atoms with E-state index in [1.165, 1.54) is 6.07 Å². The van der Waals surface area contributed by atoms with Gasteiger partial charge in [-0.05, 0) is 24.3 Å². The lowest BCUT2D eigenvalue weighted by molar-refractivity contribution is 0.205. The summed E-state index contributed by atoms with van der Waals surface area (Å²) in [4.78, 5) is 14.3. The van der Waals surface area contributed by atoms with Crippen LogP contribution in [0, 0.1) is 5.82 Å². The number of aromatic nitrogens is 2.